The van der Waals surface area contributed by atoms with Crippen molar-refractivity contribution >= 4 is 11.5 Å². The van der Waals surface area contributed by atoms with Gasteiger partial charge in [-0.1, -0.05) is 0 Å². The van der Waals surface area contributed by atoms with Crippen molar-refractivity contribution in [3.8, 4) is 0 Å². The molecule has 2 N–H and O–H groups in total. The molecule has 0 atom stereocenters. The molecule has 0 aromatic carbocycles. The highest BCUT2D eigenvalue weighted by molar-refractivity contribution is 5.53. The summed E-state index contributed by atoms with van der Waals surface area (Å²) in [6.07, 6.45) is 0. The molecule has 12 heavy (non-hydrogen) atoms. The highest BCUT2D eigenvalue weighted by Crippen LogP contribution is 2.21. The fraction of sp³-hybridized carbons (Fsp3) is 0. The number of rotatable bonds is 1. The molecule has 64 valence electrons. The van der Waals surface area contributed by atoms with Crippen LogP contribution >= 0.6 is 0 Å². The van der Waals surface area contributed by atoms with E-state index in [1.165, 1.54) is 0 Å². The largest absolute Gasteiger partial charge is 0.392 e. The molecule has 1 rings (SSSR count). The normalized spacial score (nSPS) is 9.83. The zero-order valence-corrected chi connectivity index (χ0v) is 5.62. The van der Waals surface area contributed by atoms with Crippen LogP contribution in [0.1, 0.15) is 0 Å². The van der Waals surface area contributed by atoms with Gasteiger partial charge in [0.2, 0.25) is 0 Å². The molecule has 5 nitrogen and oxygen atoms in total. The second-order valence-electron chi connectivity index (χ2n) is 1.92. The maximum Gasteiger partial charge on any atom is 0.392 e. The van der Waals surface area contributed by atoms with Crippen molar-refractivity contribution in [1.29, 1.82) is 0 Å². The van der Waals surface area contributed by atoms with E-state index in [4.69, 9.17) is 5.73 Å². The summed E-state index contributed by atoms with van der Waals surface area (Å²) in [5, 5.41) is 10.1. The molecule has 0 bridgehead atoms. The fourth-order valence-corrected chi connectivity index (χ4v) is 0.622. The van der Waals surface area contributed by atoms with Gasteiger partial charge in [-0.15, -0.1) is 0 Å². The van der Waals surface area contributed by atoms with E-state index in [2.05, 4.69) is 4.98 Å². The van der Waals surface area contributed by atoms with Gasteiger partial charge in [-0.2, -0.15) is 4.39 Å². The summed E-state index contributed by atoms with van der Waals surface area (Å²) in [6.45, 7) is 0. The van der Waals surface area contributed by atoms with Crippen LogP contribution in [0.3, 0.4) is 0 Å². The quantitative estimate of drug-likeness (QED) is 0.389. The monoisotopic (exact) mass is 175 g/mol. The van der Waals surface area contributed by atoms with E-state index < -0.39 is 28.2 Å². The number of hydrogen-bond donors (Lipinski definition) is 1. The van der Waals surface area contributed by atoms with E-state index in [0.29, 0.717) is 6.07 Å². The molecule has 0 aliphatic heterocycles. The Morgan fingerprint density at radius 1 is 1.58 bits per heavy atom. The van der Waals surface area contributed by atoms with Crippen LogP contribution < -0.4 is 5.73 Å². The number of anilines is 1. The van der Waals surface area contributed by atoms with Gasteiger partial charge in [0.25, 0.3) is 0 Å². The molecule has 0 amide bonds. The Morgan fingerprint density at radius 3 is 2.67 bits per heavy atom. The molecule has 1 aromatic heterocycles. The van der Waals surface area contributed by atoms with Crippen molar-refractivity contribution in [3.63, 3.8) is 0 Å². The third-order valence-electron chi connectivity index (χ3n) is 1.13. The van der Waals surface area contributed by atoms with E-state index in [9.17, 15) is 18.9 Å². The summed E-state index contributed by atoms with van der Waals surface area (Å²) < 4.78 is 24.7. The lowest BCUT2D eigenvalue weighted by molar-refractivity contribution is -0.389. The Balaban J connectivity index is 3.37. The van der Waals surface area contributed by atoms with Crippen molar-refractivity contribution in [2.24, 2.45) is 0 Å². The molecule has 0 saturated heterocycles. The van der Waals surface area contributed by atoms with E-state index in [-0.39, 0.29) is 0 Å². The Bertz CT molecular complexity index is 342. The molecular weight excluding hydrogens is 172 g/mol. The van der Waals surface area contributed by atoms with E-state index >= 15 is 0 Å². The van der Waals surface area contributed by atoms with E-state index in [1.807, 2.05) is 0 Å². The van der Waals surface area contributed by atoms with Crippen LogP contribution in [0.25, 0.3) is 0 Å². The Labute approximate surface area is 65.0 Å². The first-order valence-electron chi connectivity index (χ1n) is 2.78. The number of aromatic nitrogens is 1. The highest BCUT2D eigenvalue weighted by atomic mass is 19.1. The second kappa shape index (κ2) is 2.68. The van der Waals surface area contributed by atoms with Gasteiger partial charge in [0.15, 0.2) is 11.5 Å². The third kappa shape index (κ3) is 1.29. The zero-order chi connectivity index (χ0) is 9.30. The number of halogens is 2. The zero-order valence-electron chi connectivity index (χ0n) is 5.62. The lowest BCUT2D eigenvalue weighted by Gasteiger charge is -1.96. The van der Waals surface area contributed by atoms with Gasteiger partial charge in [-0.25, -0.2) is 4.39 Å². The molecule has 0 saturated carbocycles. The van der Waals surface area contributed by atoms with Crippen molar-refractivity contribution < 1.29 is 13.7 Å². The van der Waals surface area contributed by atoms with Crippen LogP contribution in [-0.4, -0.2) is 9.91 Å². The molecular formula is C5H3F2N3O2. The number of nitro groups is 1. The first-order valence-corrected chi connectivity index (χ1v) is 2.78. The average Bonchev–Trinajstić information content (AvgIpc) is 1.96. The minimum absolute atomic E-state index is 0.377. The first kappa shape index (κ1) is 8.31. The molecule has 1 heterocycles. The summed E-state index contributed by atoms with van der Waals surface area (Å²) in [4.78, 5) is 11.8. The fourth-order valence-electron chi connectivity index (χ4n) is 0.622. The predicted molar refractivity (Wildman–Crippen MR) is 35.2 cm³/mol. The van der Waals surface area contributed by atoms with Crippen LogP contribution in [0.5, 0.6) is 0 Å². The molecule has 7 heteroatoms. The number of pyridine rings is 1. The summed E-state index contributed by atoms with van der Waals surface area (Å²) in [5.41, 5.74) is 4.14. The highest BCUT2D eigenvalue weighted by Gasteiger charge is 2.20. The molecule has 1 aromatic rings. The minimum Gasteiger partial charge on any atom is -0.389 e. The summed E-state index contributed by atoms with van der Waals surface area (Å²) in [6, 6.07) is 0.377. The van der Waals surface area contributed by atoms with Gasteiger partial charge in [0, 0.05) is 0 Å². The number of hydrogen-bond acceptors (Lipinski definition) is 4. The van der Waals surface area contributed by atoms with Crippen LogP contribution in [0.15, 0.2) is 6.07 Å². The molecule has 0 fully saturated rings. The Hall–Kier alpha value is -1.79. The second-order valence-corrected chi connectivity index (χ2v) is 1.92. The molecule has 0 aliphatic rings. The minimum atomic E-state index is -1.27. The molecule has 0 aliphatic carbocycles. The molecule has 0 radical (unpaired) electrons. The molecule has 0 unspecified atom stereocenters. The van der Waals surface area contributed by atoms with Crippen molar-refractivity contribution in [3.05, 3.63) is 27.9 Å². The van der Waals surface area contributed by atoms with Crippen LogP contribution in [0.4, 0.5) is 20.3 Å². The third-order valence-corrected chi connectivity index (χ3v) is 1.13. The standard InChI is InChI=1S/C5H3F2N3O2/c6-2-1-3(7)9-5(4(2)8)10(11)12/h1H,8H2. The van der Waals surface area contributed by atoms with Crippen LogP contribution in [-0.2, 0) is 0 Å². The maximum absolute atomic E-state index is 12.5. The lowest BCUT2D eigenvalue weighted by atomic mass is 10.4. The summed E-state index contributed by atoms with van der Waals surface area (Å²) in [5.74, 6) is -3.46. The van der Waals surface area contributed by atoms with Gasteiger partial charge in [-0.3, -0.25) is 0 Å². The Morgan fingerprint density at radius 2 is 2.17 bits per heavy atom. The van der Waals surface area contributed by atoms with Crippen molar-refractivity contribution in [2.75, 3.05) is 5.73 Å². The number of nitrogens with zero attached hydrogens (tertiary/aromatic N) is 2. The average molecular weight is 175 g/mol. The Kier molecular flexibility index (Phi) is 1.86. The summed E-state index contributed by atoms with van der Waals surface area (Å²) >= 11 is 0. The van der Waals surface area contributed by atoms with Crippen LogP contribution in [0, 0.1) is 21.9 Å². The van der Waals surface area contributed by atoms with Crippen LogP contribution in [0.2, 0.25) is 0 Å². The van der Waals surface area contributed by atoms with Gasteiger partial charge in [0.05, 0.1) is 6.07 Å². The van der Waals surface area contributed by atoms with E-state index in [1.54, 1.807) is 0 Å². The van der Waals surface area contributed by atoms with E-state index in [0.717, 1.165) is 0 Å². The summed E-state index contributed by atoms with van der Waals surface area (Å²) in [7, 11) is 0. The van der Waals surface area contributed by atoms with Crippen molar-refractivity contribution in [1.82, 2.24) is 4.98 Å². The van der Waals surface area contributed by atoms with Gasteiger partial charge >= 0.3 is 11.8 Å². The lowest BCUT2D eigenvalue weighted by Crippen LogP contribution is -2.02. The van der Waals surface area contributed by atoms with Gasteiger partial charge in [0.1, 0.15) is 0 Å². The van der Waals surface area contributed by atoms with Crippen molar-refractivity contribution in [2.45, 2.75) is 0 Å². The smallest absolute Gasteiger partial charge is 0.389 e. The SMILES string of the molecule is Nc1c(F)cc(F)nc1[N+](=O)[O-]. The number of nitrogens with two attached hydrogens (primary N) is 1. The van der Waals surface area contributed by atoms with Gasteiger partial charge < -0.3 is 15.8 Å². The predicted octanol–water partition coefficient (Wildman–Crippen LogP) is 0.850. The number of nitrogen functional groups attached to an aromatic ring is 1. The topological polar surface area (TPSA) is 82.0 Å². The maximum atomic E-state index is 12.5. The van der Waals surface area contributed by atoms with Gasteiger partial charge in [-0.05, 0) is 9.91 Å². The first-order chi connectivity index (χ1) is 5.52. The molecule has 0 spiro atoms.